The number of aliphatic hydroxyl groups is 1. The molecule has 4 N–H and O–H groups in total. The van der Waals surface area contributed by atoms with Gasteiger partial charge in [-0.15, -0.1) is 0 Å². The van der Waals surface area contributed by atoms with Crippen LogP contribution >= 0.6 is 0 Å². The lowest BCUT2D eigenvalue weighted by Crippen LogP contribution is -2.62. The molecule has 2 saturated carbocycles. The van der Waals surface area contributed by atoms with E-state index in [0.717, 1.165) is 63.1 Å². The normalized spacial score (nSPS) is 26.4. The summed E-state index contributed by atoms with van der Waals surface area (Å²) in [4.78, 5) is 13.2. The average molecular weight is 489 g/mol. The van der Waals surface area contributed by atoms with Crippen molar-refractivity contribution in [2.24, 2.45) is 11.8 Å². The van der Waals surface area contributed by atoms with Crippen molar-refractivity contribution >= 4 is 5.91 Å². The van der Waals surface area contributed by atoms with Gasteiger partial charge in [0.25, 0.3) is 0 Å². The predicted molar refractivity (Wildman–Crippen MR) is 141 cm³/mol. The van der Waals surface area contributed by atoms with E-state index in [1.54, 1.807) is 19.2 Å². The predicted octanol–water partition coefficient (Wildman–Crippen LogP) is 5.14. The number of piperidine rings is 1. The van der Waals surface area contributed by atoms with Crippen molar-refractivity contribution in [3.8, 4) is 11.5 Å². The quantitative estimate of drug-likeness (QED) is 0.270. The number of nitrogens with one attached hydrogen (secondary N) is 1. The molecule has 1 aromatic carbocycles. The maximum Gasteiger partial charge on any atom is 0.219 e. The number of hydrogen-bond donors (Lipinski definition) is 4. The van der Waals surface area contributed by atoms with Crippen molar-refractivity contribution in [1.29, 1.82) is 0 Å². The summed E-state index contributed by atoms with van der Waals surface area (Å²) in [6, 6.07) is 5.33. The van der Waals surface area contributed by atoms with E-state index in [1.807, 2.05) is 6.07 Å². The Labute approximate surface area is 212 Å². The summed E-state index contributed by atoms with van der Waals surface area (Å²) in [6.45, 7) is 4.43. The molecule has 0 radical (unpaired) electrons. The third-order valence-corrected chi connectivity index (χ3v) is 8.34. The molecular formula is C29H48N2O4. The minimum absolute atomic E-state index is 0.0507. The second-order valence-corrected chi connectivity index (χ2v) is 11.0. The van der Waals surface area contributed by atoms with Crippen LogP contribution in [0.25, 0.3) is 0 Å². The molecule has 1 aromatic rings. The van der Waals surface area contributed by atoms with Gasteiger partial charge in [0, 0.05) is 26.1 Å². The van der Waals surface area contributed by atoms with Gasteiger partial charge >= 0.3 is 0 Å². The third-order valence-electron chi connectivity index (χ3n) is 8.34. The van der Waals surface area contributed by atoms with Gasteiger partial charge in [-0.2, -0.15) is 0 Å². The molecule has 1 aliphatic heterocycles. The number of unbranched alkanes of at least 4 members (excludes halogenated alkanes) is 3. The minimum atomic E-state index is -0.537. The van der Waals surface area contributed by atoms with E-state index in [-0.39, 0.29) is 23.4 Å². The average Bonchev–Trinajstić information content (AvgIpc) is 3.67. The first-order valence-corrected chi connectivity index (χ1v) is 14.0. The number of amides is 1. The van der Waals surface area contributed by atoms with E-state index < -0.39 is 5.60 Å². The van der Waals surface area contributed by atoms with Gasteiger partial charge in [-0.3, -0.25) is 9.69 Å². The molecule has 3 atom stereocenters. The van der Waals surface area contributed by atoms with E-state index in [2.05, 4.69) is 17.1 Å². The van der Waals surface area contributed by atoms with Gasteiger partial charge in [0.2, 0.25) is 5.91 Å². The summed E-state index contributed by atoms with van der Waals surface area (Å²) < 4.78 is 0. The van der Waals surface area contributed by atoms with Crippen LogP contribution < -0.4 is 5.32 Å². The molecule has 2 aliphatic carbocycles. The molecule has 1 saturated heterocycles. The molecule has 35 heavy (non-hydrogen) atoms. The van der Waals surface area contributed by atoms with Crippen molar-refractivity contribution in [3.05, 3.63) is 23.8 Å². The van der Waals surface area contributed by atoms with Gasteiger partial charge < -0.3 is 20.6 Å². The Balaban J connectivity index is 0.000000292. The number of fused-ring (bicyclic) bond motifs is 1. The molecule has 3 fully saturated rings. The van der Waals surface area contributed by atoms with E-state index in [4.69, 9.17) is 0 Å². The Morgan fingerprint density at radius 2 is 1.89 bits per heavy atom. The van der Waals surface area contributed by atoms with E-state index >= 15 is 0 Å². The lowest BCUT2D eigenvalue weighted by Gasteiger charge is -2.54. The highest BCUT2D eigenvalue weighted by Crippen LogP contribution is 2.46. The Kier molecular flexibility index (Phi) is 10.7. The monoisotopic (exact) mass is 488 g/mol. The van der Waals surface area contributed by atoms with Crippen molar-refractivity contribution in [2.45, 2.75) is 108 Å². The number of phenols is 2. The highest BCUT2D eigenvalue weighted by molar-refractivity contribution is 5.75. The van der Waals surface area contributed by atoms with Gasteiger partial charge in [0.05, 0.1) is 5.60 Å². The number of hydrogen-bond acceptors (Lipinski definition) is 5. The summed E-state index contributed by atoms with van der Waals surface area (Å²) >= 11 is 0. The lowest BCUT2D eigenvalue weighted by atomic mass is 9.66. The zero-order chi connectivity index (χ0) is 25.3. The Morgan fingerprint density at radius 1 is 1.09 bits per heavy atom. The Bertz CT molecular complexity index is 797. The summed E-state index contributed by atoms with van der Waals surface area (Å²) in [5, 5.41) is 33.5. The number of carbonyl (C=O) groups is 1. The first-order valence-electron chi connectivity index (χ1n) is 14.0. The lowest BCUT2D eigenvalue weighted by molar-refractivity contribution is -0.143. The van der Waals surface area contributed by atoms with E-state index in [9.17, 15) is 20.1 Å². The fraction of sp³-hybridized carbons (Fsp3) is 0.759. The molecule has 0 spiro atoms. The minimum Gasteiger partial charge on any atom is -0.504 e. The summed E-state index contributed by atoms with van der Waals surface area (Å²) in [5.74, 6) is 1.34. The number of rotatable bonds is 10. The van der Waals surface area contributed by atoms with Gasteiger partial charge in [-0.1, -0.05) is 45.1 Å². The van der Waals surface area contributed by atoms with Crippen LogP contribution in [0.15, 0.2) is 18.2 Å². The fourth-order valence-electron chi connectivity index (χ4n) is 6.03. The number of aryl methyl sites for hydroxylation is 1. The first kappa shape index (κ1) is 27.8. The topological polar surface area (TPSA) is 93.0 Å². The summed E-state index contributed by atoms with van der Waals surface area (Å²) in [5.41, 5.74) is 0.493. The van der Waals surface area contributed by atoms with Crippen LogP contribution in [-0.2, 0) is 11.2 Å². The van der Waals surface area contributed by atoms with Crippen LogP contribution in [0.4, 0.5) is 0 Å². The maximum atomic E-state index is 11.6. The first-order chi connectivity index (χ1) is 16.9. The van der Waals surface area contributed by atoms with E-state index in [0.29, 0.717) is 12.3 Å². The van der Waals surface area contributed by atoms with Crippen LogP contribution in [-0.4, -0.2) is 57.9 Å². The molecule has 0 aromatic heterocycles. The second kappa shape index (κ2) is 13.5. The van der Waals surface area contributed by atoms with Crippen LogP contribution in [0.1, 0.15) is 96.0 Å². The van der Waals surface area contributed by atoms with E-state index in [1.165, 1.54) is 44.9 Å². The SMILES string of the molecule is CCCCCCC(=O)NC.Oc1ccc(CC[C@H]2N(CC3CC3)CCC3CCCCC32O)cc1O. The van der Waals surface area contributed by atoms with Crippen molar-refractivity contribution in [1.82, 2.24) is 10.2 Å². The Hall–Kier alpha value is -1.79. The molecule has 6 nitrogen and oxygen atoms in total. The van der Waals surface area contributed by atoms with Gasteiger partial charge in [0.15, 0.2) is 11.5 Å². The zero-order valence-electron chi connectivity index (χ0n) is 22.0. The van der Waals surface area contributed by atoms with Crippen LogP contribution in [0.5, 0.6) is 11.5 Å². The summed E-state index contributed by atoms with van der Waals surface area (Å²) in [7, 11) is 1.68. The smallest absolute Gasteiger partial charge is 0.219 e. The van der Waals surface area contributed by atoms with Crippen molar-refractivity contribution in [3.63, 3.8) is 0 Å². The van der Waals surface area contributed by atoms with Gasteiger partial charge in [0.1, 0.15) is 0 Å². The second-order valence-electron chi connectivity index (χ2n) is 11.0. The molecular weight excluding hydrogens is 440 g/mol. The van der Waals surface area contributed by atoms with Crippen LogP contribution in [0, 0.1) is 11.8 Å². The molecule has 3 aliphatic rings. The highest BCUT2D eigenvalue weighted by atomic mass is 16.3. The van der Waals surface area contributed by atoms with Gasteiger partial charge in [-0.05, 0) is 87.4 Å². The number of benzene rings is 1. The molecule has 2 unspecified atom stereocenters. The fourth-order valence-corrected chi connectivity index (χ4v) is 6.03. The van der Waals surface area contributed by atoms with Gasteiger partial charge in [-0.25, -0.2) is 0 Å². The maximum absolute atomic E-state index is 11.6. The number of aromatic hydroxyl groups is 2. The molecule has 6 heteroatoms. The molecule has 0 bridgehead atoms. The van der Waals surface area contributed by atoms with Crippen LogP contribution in [0.2, 0.25) is 0 Å². The summed E-state index contributed by atoms with van der Waals surface area (Å²) in [6.07, 6.45) is 15.5. The number of phenolic OH excluding ortho intramolecular Hbond substituents is 2. The van der Waals surface area contributed by atoms with Crippen molar-refractivity contribution in [2.75, 3.05) is 20.1 Å². The highest BCUT2D eigenvalue weighted by Gasteiger charge is 2.50. The Morgan fingerprint density at radius 3 is 2.57 bits per heavy atom. The molecule has 1 heterocycles. The third kappa shape index (κ3) is 8.11. The van der Waals surface area contributed by atoms with Crippen molar-refractivity contribution < 1.29 is 20.1 Å². The molecule has 198 valence electrons. The largest absolute Gasteiger partial charge is 0.504 e. The standard InChI is InChI=1S/C21H31NO3.C8H17NO/c23-18-8-6-15(13-19(18)24)7-9-20-21(25)11-2-1-3-17(21)10-12-22(20)14-16-4-5-16;1-3-4-5-6-7-8(10)9-2/h6,8,13,16-17,20,23-25H,1-5,7,9-12,14H2;3-7H2,1-2H3,(H,9,10)/t17?,20-,21?;/m1./s1. The number of nitrogens with zero attached hydrogens (tertiary/aromatic N) is 1. The zero-order valence-corrected chi connectivity index (χ0v) is 22.0. The number of carbonyl (C=O) groups excluding carboxylic acids is 1. The number of likely N-dealkylation sites (tertiary alicyclic amines) is 1. The molecule has 4 rings (SSSR count). The van der Waals surface area contributed by atoms with Crippen LogP contribution in [0.3, 0.4) is 0 Å². The molecule has 1 amide bonds.